The first kappa shape index (κ1) is 18.0. The second kappa shape index (κ2) is 6.84. The number of nitrogens with one attached hydrogen (secondary N) is 3. The van der Waals surface area contributed by atoms with Gasteiger partial charge in [-0.3, -0.25) is 0 Å². The van der Waals surface area contributed by atoms with Gasteiger partial charge in [-0.15, -0.1) is 0 Å². The van der Waals surface area contributed by atoms with Crippen LogP contribution in [0.4, 0.5) is 18.0 Å². The predicted molar refractivity (Wildman–Crippen MR) is 88.3 cm³/mol. The van der Waals surface area contributed by atoms with Crippen LogP contribution in [0, 0.1) is 0 Å². The maximum Gasteiger partial charge on any atom is 0.416 e. The fraction of sp³-hybridized carbons (Fsp3) is 0.588. The minimum atomic E-state index is -4.34. The molecule has 0 aliphatic carbocycles. The number of benzene rings is 1. The number of hydrogen-bond donors (Lipinski definition) is 3. The van der Waals surface area contributed by atoms with Crippen molar-refractivity contribution in [1.82, 2.24) is 20.9 Å². The third-order valence-electron chi connectivity index (χ3n) is 5.25. The number of hydrogen-bond acceptors (Lipinski definition) is 3. The van der Waals surface area contributed by atoms with E-state index in [1.54, 1.807) is 11.9 Å². The standard InChI is InChI=1S/C17H23F3N4O/c1-21-15(25)24-9-6-16(24,14-11-22-7-8-23-14)10-12-2-4-13(5-3-12)17(18,19)20/h2-5,14,22-23H,6-11H2,1H3,(H,21,25). The third-order valence-corrected chi connectivity index (χ3v) is 5.25. The van der Waals surface area contributed by atoms with E-state index in [4.69, 9.17) is 0 Å². The number of nitrogens with zero attached hydrogens (tertiary/aromatic N) is 1. The van der Waals surface area contributed by atoms with Gasteiger partial charge < -0.3 is 20.9 Å². The molecule has 0 radical (unpaired) electrons. The van der Waals surface area contributed by atoms with Crippen molar-refractivity contribution in [3.05, 3.63) is 35.4 Å². The first-order valence-corrected chi connectivity index (χ1v) is 8.46. The quantitative estimate of drug-likeness (QED) is 0.771. The summed E-state index contributed by atoms with van der Waals surface area (Å²) in [6, 6.07) is 5.17. The first-order valence-electron chi connectivity index (χ1n) is 8.46. The Kier molecular flexibility index (Phi) is 4.92. The highest BCUT2D eigenvalue weighted by atomic mass is 19.4. The molecule has 2 amide bonds. The highest BCUT2D eigenvalue weighted by Gasteiger charge is 2.52. The van der Waals surface area contributed by atoms with Crippen molar-refractivity contribution in [1.29, 1.82) is 0 Å². The molecule has 0 aromatic heterocycles. The lowest BCUT2D eigenvalue weighted by atomic mass is 9.73. The van der Waals surface area contributed by atoms with Gasteiger partial charge in [-0.25, -0.2) is 4.79 Å². The van der Waals surface area contributed by atoms with E-state index < -0.39 is 17.3 Å². The number of alkyl halides is 3. The fourth-order valence-corrected chi connectivity index (χ4v) is 3.82. The van der Waals surface area contributed by atoms with E-state index in [0.29, 0.717) is 13.0 Å². The molecule has 3 N–H and O–H groups in total. The maximum absolute atomic E-state index is 12.8. The van der Waals surface area contributed by atoms with Gasteiger partial charge in [0.25, 0.3) is 0 Å². The van der Waals surface area contributed by atoms with Gasteiger partial charge >= 0.3 is 12.2 Å². The molecule has 138 valence electrons. The van der Waals surface area contributed by atoms with E-state index in [1.807, 2.05) is 0 Å². The van der Waals surface area contributed by atoms with Crippen molar-refractivity contribution in [2.24, 2.45) is 0 Å². The number of urea groups is 1. The van der Waals surface area contributed by atoms with Crippen LogP contribution in [0.25, 0.3) is 0 Å². The molecule has 0 bridgehead atoms. The molecule has 3 rings (SSSR count). The summed E-state index contributed by atoms with van der Waals surface area (Å²) in [5.41, 5.74) is -0.277. The Balaban J connectivity index is 1.84. The van der Waals surface area contributed by atoms with Gasteiger partial charge in [0.05, 0.1) is 11.1 Å². The number of carbonyl (C=O) groups excluding carboxylic acids is 1. The Bertz CT molecular complexity index is 613. The van der Waals surface area contributed by atoms with Crippen molar-refractivity contribution in [3.8, 4) is 0 Å². The summed E-state index contributed by atoms with van der Waals surface area (Å²) >= 11 is 0. The van der Waals surface area contributed by atoms with E-state index in [-0.39, 0.29) is 12.1 Å². The van der Waals surface area contributed by atoms with Gasteiger partial charge in [-0.1, -0.05) is 12.1 Å². The Morgan fingerprint density at radius 3 is 2.52 bits per heavy atom. The minimum absolute atomic E-state index is 0.0644. The van der Waals surface area contributed by atoms with Crippen LogP contribution in [0.5, 0.6) is 0 Å². The Hall–Kier alpha value is -1.80. The zero-order valence-corrected chi connectivity index (χ0v) is 14.1. The largest absolute Gasteiger partial charge is 0.416 e. The minimum Gasteiger partial charge on any atom is -0.341 e. The van der Waals surface area contributed by atoms with Gasteiger partial charge in [-0.05, 0) is 30.5 Å². The Morgan fingerprint density at radius 1 is 1.32 bits per heavy atom. The second-order valence-corrected chi connectivity index (χ2v) is 6.64. The SMILES string of the molecule is CNC(=O)N1CCC1(Cc1ccc(C(F)(F)F)cc1)C1CNCCN1. The van der Waals surface area contributed by atoms with Crippen LogP contribution in [-0.2, 0) is 12.6 Å². The number of rotatable bonds is 3. The third kappa shape index (κ3) is 3.46. The van der Waals surface area contributed by atoms with Crippen molar-refractivity contribution < 1.29 is 18.0 Å². The van der Waals surface area contributed by atoms with Gasteiger partial charge in [0, 0.05) is 39.3 Å². The van der Waals surface area contributed by atoms with E-state index in [9.17, 15) is 18.0 Å². The molecular formula is C17H23F3N4O. The van der Waals surface area contributed by atoms with Crippen molar-refractivity contribution in [2.45, 2.75) is 30.6 Å². The van der Waals surface area contributed by atoms with Crippen LogP contribution in [0.15, 0.2) is 24.3 Å². The molecule has 1 aromatic carbocycles. The Labute approximate surface area is 145 Å². The van der Waals surface area contributed by atoms with Gasteiger partial charge in [0.1, 0.15) is 0 Å². The van der Waals surface area contributed by atoms with Crippen LogP contribution in [0.2, 0.25) is 0 Å². The maximum atomic E-state index is 12.8. The average molecular weight is 356 g/mol. The number of amides is 2. The summed E-state index contributed by atoms with van der Waals surface area (Å²) in [6.45, 7) is 3.06. The first-order chi connectivity index (χ1) is 11.9. The molecule has 25 heavy (non-hydrogen) atoms. The van der Waals surface area contributed by atoms with Crippen molar-refractivity contribution in [3.63, 3.8) is 0 Å². The zero-order chi connectivity index (χ0) is 18.1. The van der Waals surface area contributed by atoms with E-state index in [2.05, 4.69) is 16.0 Å². The highest BCUT2D eigenvalue weighted by molar-refractivity contribution is 5.76. The number of piperazine rings is 1. The van der Waals surface area contributed by atoms with Crippen molar-refractivity contribution >= 4 is 6.03 Å². The lowest BCUT2D eigenvalue weighted by Gasteiger charge is -2.57. The molecular weight excluding hydrogens is 333 g/mol. The molecule has 0 spiro atoms. The summed E-state index contributed by atoms with van der Waals surface area (Å²) in [6.07, 6.45) is -2.99. The van der Waals surface area contributed by atoms with Gasteiger partial charge in [0.15, 0.2) is 0 Å². The van der Waals surface area contributed by atoms with E-state index in [1.165, 1.54) is 12.1 Å². The molecule has 2 heterocycles. The van der Waals surface area contributed by atoms with Gasteiger partial charge in [-0.2, -0.15) is 13.2 Å². The molecule has 1 aromatic rings. The van der Waals surface area contributed by atoms with E-state index >= 15 is 0 Å². The average Bonchev–Trinajstić information content (AvgIpc) is 2.59. The highest BCUT2D eigenvalue weighted by Crippen LogP contribution is 2.38. The topological polar surface area (TPSA) is 56.4 Å². The molecule has 5 nitrogen and oxygen atoms in total. The smallest absolute Gasteiger partial charge is 0.341 e. The van der Waals surface area contributed by atoms with Crippen molar-refractivity contribution in [2.75, 3.05) is 33.2 Å². The molecule has 2 aliphatic heterocycles. The summed E-state index contributed by atoms with van der Waals surface area (Å²) < 4.78 is 38.3. The summed E-state index contributed by atoms with van der Waals surface area (Å²) in [5.74, 6) is 0. The fourth-order valence-electron chi connectivity index (χ4n) is 3.82. The number of likely N-dealkylation sites (tertiary alicyclic amines) is 1. The van der Waals surface area contributed by atoms with Crippen LogP contribution >= 0.6 is 0 Å². The number of carbonyl (C=O) groups is 1. The normalized spacial score (nSPS) is 26.9. The molecule has 8 heteroatoms. The van der Waals surface area contributed by atoms with Crippen LogP contribution in [0.3, 0.4) is 0 Å². The lowest BCUT2D eigenvalue weighted by Crippen LogP contribution is -2.76. The van der Waals surface area contributed by atoms with Crippen LogP contribution in [-0.4, -0.2) is 55.7 Å². The van der Waals surface area contributed by atoms with Crippen LogP contribution < -0.4 is 16.0 Å². The second-order valence-electron chi connectivity index (χ2n) is 6.64. The van der Waals surface area contributed by atoms with Gasteiger partial charge in [0.2, 0.25) is 0 Å². The Morgan fingerprint density at radius 2 is 2.04 bits per heavy atom. The predicted octanol–water partition coefficient (Wildman–Crippen LogP) is 1.59. The summed E-state index contributed by atoms with van der Waals surface area (Å²) in [5, 5.41) is 9.46. The molecule has 2 unspecified atom stereocenters. The molecule has 0 saturated carbocycles. The zero-order valence-electron chi connectivity index (χ0n) is 14.1. The molecule has 2 fully saturated rings. The summed E-state index contributed by atoms with van der Waals surface area (Å²) in [7, 11) is 1.59. The monoisotopic (exact) mass is 356 g/mol. The molecule has 2 saturated heterocycles. The molecule has 2 aliphatic rings. The summed E-state index contributed by atoms with van der Waals surface area (Å²) in [4.78, 5) is 14.0. The molecule has 2 atom stereocenters. The number of halogens is 3. The van der Waals surface area contributed by atoms with E-state index in [0.717, 1.165) is 43.8 Å². The van der Waals surface area contributed by atoms with Crippen LogP contribution in [0.1, 0.15) is 17.5 Å². The lowest BCUT2D eigenvalue weighted by molar-refractivity contribution is -0.137.